The minimum atomic E-state index is 1.09. The predicted octanol–water partition coefficient (Wildman–Crippen LogP) is 19.5. The molecule has 0 saturated heterocycles. The van der Waals surface area contributed by atoms with Gasteiger partial charge in [-0.05, 0) is 129 Å². The van der Waals surface area contributed by atoms with Crippen molar-refractivity contribution in [3.8, 4) is 11.4 Å². The summed E-state index contributed by atoms with van der Waals surface area (Å²) in [6, 6.07) is 98.5. The molecule has 16 aromatic rings. The molecule has 74 heavy (non-hydrogen) atoms. The summed E-state index contributed by atoms with van der Waals surface area (Å²) in [6.07, 6.45) is 0. The van der Waals surface area contributed by atoms with Gasteiger partial charge < -0.3 is 18.9 Å². The fraction of sp³-hybridized carbons (Fsp3) is 0. The molecule has 4 nitrogen and oxygen atoms in total. The Morgan fingerprint density at radius 2 is 0.581 bits per heavy atom. The molecular weight excluding hydrogens is 897 g/mol. The van der Waals surface area contributed by atoms with Crippen LogP contribution < -0.4 is 9.80 Å². The number of hydrogen-bond acceptors (Lipinski definition) is 2. The van der Waals surface area contributed by atoms with Crippen LogP contribution in [0.15, 0.2) is 267 Å². The van der Waals surface area contributed by atoms with Gasteiger partial charge >= 0.3 is 0 Å². The number of aromatic nitrogens is 2. The largest absolute Gasteiger partial charge is 0.309 e. The minimum absolute atomic E-state index is 1.09. The highest BCUT2D eigenvalue weighted by Crippen LogP contribution is 2.51. The molecule has 0 bridgehead atoms. The second kappa shape index (κ2) is 15.8. The number of rotatable bonds is 8. The van der Waals surface area contributed by atoms with Crippen LogP contribution in [0.2, 0.25) is 0 Å². The highest BCUT2D eigenvalue weighted by atomic mass is 15.2. The molecule has 14 aromatic carbocycles. The van der Waals surface area contributed by atoms with E-state index in [0.717, 1.165) is 56.3 Å². The van der Waals surface area contributed by atoms with Crippen molar-refractivity contribution >= 4 is 132 Å². The Labute approximate surface area is 426 Å². The van der Waals surface area contributed by atoms with Crippen molar-refractivity contribution in [2.75, 3.05) is 9.80 Å². The summed E-state index contributed by atoms with van der Waals surface area (Å²) >= 11 is 0. The fourth-order valence-electron chi connectivity index (χ4n) is 12.6. The van der Waals surface area contributed by atoms with Crippen molar-refractivity contribution in [2.45, 2.75) is 0 Å². The molecule has 2 heterocycles. The first-order valence-electron chi connectivity index (χ1n) is 25.5. The zero-order chi connectivity index (χ0) is 48.4. The molecule has 0 aliphatic carbocycles. The summed E-state index contributed by atoms with van der Waals surface area (Å²) in [4.78, 5) is 4.96. The third-order valence-corrected chi connectivity index (χ3v) is 15.7. The third kappa shape index (κ3) is 5.91. The van der Waals surface area contributed by atoms with Crippen LogP contribution >= 0.6 is 0 Å². The number of fused-ring (bicyclic) bond motifs is 3. The van der Waals surface area contributed by atoms with E-state index in [2.05, 4.69) is 286 Å². The smallest absolute Gasteiger partial charge is 0.0548 e. The van der Waals surface area contributed by atoms with Crippen molar-refractivity contribution in [2.24, 2.45) is 0 Å². The van der Waals surface area contributed by atoms with Crippen LogP contribution in [0.1, 0.15) is 0 Å². The SMILES string of the molecule is c1ccc(N(c2cccc3c(N(c4ccccc4)c4ccc5c6c4ccc4cccc(c46)n5-c4ccc5ccccc5c4)cccc23)c2ccc3c4c2ccc2cccc(c24)n3-c2ccc3ccccc3c2)cc1. The quantitative estimate of drug-likeness (QED) is 0.141. The van der Waals surface area contributed by atoms with Gasteiger partial charge in [0.05, 0.1) is 44.8 Å². The van der Waals surface area contributed by atoms with E-state index in [9.17, 15) is 0 Å². The molecule has 0 radical (unpaired) electrons. The van der Waals surface area contributed by atoms with Crippen LogP contribution in [0.5, 0.6) is 0 Å². The van der Waals surface area contributed by atoms with Crippen molar-refractivity contribution in [3.05, 3.63) is 267 Å². The molecule has 0 unspecified atom stereocenters. The zero-order valence-corrected chi connectivity index (χ0v) is 40.2. The normalized spacial score (nSPS) is 12.1. The van der Waals surface area contributed by atoms with Crippen molar-refractivity contribution in [1.82, 2.24) is 9.13 Å². The standard InChI is InChI=1S/C70H44N4/c1-3-21-51(22-4-1)71(61-39-41-65-69-57(61)37-33-47-19-11-29-63(67(47)69)73(65)53-35-31-45-15-7-9-17-49(45)43-53)59-27-13-26-56-55(59)25-14-28-60(56)72(52-23-5-2-6-24-52)62-40-42-66-70-58(62)38-34-48-20-12-30-64(68(48)70)74(66)54-36-32-46-16-8-10-18-50(46)44-54/h1-44H. The van der Waals surface area contributed by atoms with Gasteiger partial charge in [-0.25, -0.2) is 0 Å². The Bertz CT molecular complexity index is 4550. The molecule has 0 fully saturated rings. The van der Waals surface area contributed by atoms with E-state index in [4.69, 9.17) is 0 Å². The van der Waals surface area contributed by atoms with Crippen molar-refractivity contribution < 1.29 is 0 Å². The van der Waals surface area contributed by atoms with Gasteiger partial charge in [0.15, 0.2) is 0 Å². The number of nitrogens with zero attached hydrogens (tertiary/aromatic N) is 4. The molecule has 0 saturated carbocycles. The number of benzene rings is 14. The average molecular weight is 941 g/mol. The van der Waals surface area contributed by atoms with Crippen LogP contribution in [-0.2, 0) is 0 Å². The molecule has 0 N–H and O–H groups in total. The minimum Gasteiger partial charge on any atom is -0.309 e. The van der Waals surface area contributed by atoms with E-state index in [1.54, 1.807) is 0 Å². The van der Waals surface area contributed by atoms with Crippen molar-refractivity contribution in [3.63, 3.8) is 0 Å². The van der Waals surface area contributed by atoms with Gasteiger partial charge in [-0.15, -0.1) is 0 Å². The van der Waals surface area contributed by atoms with Gasteiger partial charge in [0.1, 0.15) is 0 Å². The monoisotopic (exact) mass is 940 g/mol. The molecule has 0 atom stereocenters. The first-order valence-corrected chi connectivity index (χ1v) is 25.5. The lowest BCUT2D eigenvalue weighted by atomic mass is 9.98. The highest BCUT2D eigenvalue weighted by Gasteiger charge is 2.26. The first kappa shape index (κ1) is 40.8. The van der Waals surface area contributed by atoms with Gasteiger partial charge in [0.25, 0.3) is 0 Å². The van der Waals surface area contributed by atoms with Crippen LogP contribution in [0.4, 0.5) is 34.1 Å². The third-order valence-electron chi connectivity index (χ3n) is 15.7. The lowest BCUT2D eigenvalue weighted by Crippen LogP contribution is -2.13. The molecule has 4 heteroatoms. The summed E-state index contributed by atoms with van der Waals surface area (Å²) < 4.78 is 4.91. The molecule has 16 rings (SSSR count). The molecule has 0 amide bonds. The fourth-order valence-corrected chi connectivity index (χ4v) is 12.6. The zero-order valence-electron chi connectivity index (χ0n) is 40.2. The Kier molecular flexibility index (Phi) is 8.71. The number of anilines is 6. The Morgan fingerprint density at radius 1 is 0.216 bits per heavy atom. The summed E-state index contributed by atoms with van der Waals surface area (Å²) in [5.41, 5.74) is 13.8. The van der Waals surface area contributed by atoms with E-state index < -0.39 is 0 Å². The molecule has 0 aliphatic heterocycles. The highest BCUT2D eigenvalue weighted by molar-refractivity contribution is 6.29. The predicted molar refractivity (Wildman–Crippen MR) is 314 cm³/mol. The maximum Gasteiger partial charge on any atom is 0.0548 e. The van der Waals surface area contributed by atoms with Crippen LogP contribution in [0.25, 0.3) is 109 Å². The molecule has 344 valence electrons. The maximum atomic E-state index is 2.48. The van der Waals surface area contributed by atoms with Crippen LogP contribution in [0, 0.1) is 0 Å². The van der Waals surface area contributed by atoms with Gasteiger partial charge in [-0.2, -0.15) is 0 Å². The number of para-hydroxylation sites is 2. The van der Waals surface area contributed by atoms with Gasteiger partial charge in [0.2, 0.25) is 0 Å². The number of hydrogen-bond donors (Lipinski definition) is 0. The summed E-state index contributed by atoms with van der Waals surface area (Å²) in [7, 11) is 0. The van der Waals surface area contributed by atoms with Gasteiger partial charge in [0, 0.05) is 65.8 Å². The summed E-state index contributed by atoms with van der Waals surface area (Å²) in [5, 5.41) is 17.2. The second-order valence-corrected chi connectivity index (χ2v) is 19.7. The molecule has 2 aromatic heterocycles. The van der Waals surface area contributed by atoms with E-state index in [1.165, 1.54) is 86.7 Å². The van der Waals surface area contributed by atoms with Crippen molar-refractivity contribution in [1.29, 1.82) is 0 Å². The Hall–Kier alpha value is -9.90. The van der Waals surface area contributed by atoms with E-state index in [1.807, 2.05) is 0 Å². The Balaban J connectivity index is 0.913. The van der Waals surface area contributed by atoms with Crippen LogP contribution in [-0.4, -0.2) is 9.13 Å². The lowest BCUT2D eigenvalue weighted by Gasteiger charge is -2.31. The van der Waals surface area contributed by atoms with Gasteiger partial charge in [-0.1, -0.05) is 170 Å². The molecule has 0 aliphatic rings. The Morgan fingerprint density at radius 3 is 1.04 bits per heavy atom. The van der Waals surface area contributed by atoms with E-state index >= 15 is 0 Å². The molecule has 0 spiro atoms. The first-order chi connectivity index (χ1) is 36.7. The summed E-state index contributed by atoms with van der Waals surface area (Å²) in [5.74, 6) is 0. The average Bonchev–Trinajstić information content (AvgIpc) is 4.06. The van der Waals surface area contributed by atoms with E-state index in [-0.39, 0.29) is 0 Å². The summed E-state index contributed by atoms with van der Waals surface area (Å²) in [6.45, 7) is 0. The molecular formula is C70H44N4. The lowest BCUT2D eigenvalue weighted by molar-refractivity contribution is 1.19. The maximum absolute atomic E-state index is 2.48. The van der Waals surface area contributed by atoms with E-state index in [0.29, 0.717) is 0 Å². The van der Waals surface area contributed by atoms with Crippen LogP contribution in [0.3, 0.4) is 0 Å². The van der Waals surface area contributed by atoms with Gasteiger partial charge in [-0.3, -0.25) is 0 Å². The second-order valence-electron chi connectivity index (χ2n) is 19.7. The topological polar surface area (TPSA) is 16.3 Å².